The zero-order valence-corrected chi connectivity index (χ0v) is 13.6. The number of rotatable bonds is 4. The molecule has 0 bridgehead atoms. The van der Waals surface area contributed by atoms with E-state index in [2.05, 4.69) is 52.0 Å². The number of halogens is 1. The molecule has 2 aromatic heterocycles. The molecule has 0 radical (unpaired) electrons. The van der Waals surface area contributed by atoms with Gasteiger partial charge in [0.05, 0.1) is 47.2 Å². The van der Waals surface area contributed by atoms with E-state index in [9.17, 15) is 5.11 Å². The largest absolute Gasteiger partial charge is 0.389 e. The van der Waals surface area contributed by atoms with Crippen molar-refractivity contribution < 1.29 is 5.11 Å². The van der Waals surface area contributed by atoms with E-state index in [-0.39, 0.29) is 0 Å². The van der Waals surface area contributed by atoms with Crippen LogP contribution in [0, 0.1) is 13.8 Å². The normalized spacial score (nSPS) is 13.0. The van der Waals surface area contributed by atoms with Crippen LogP contribution in [0.5, 0.6) is 0 Å². The van der Waals surface area contributed by atoms with Gasteiger partial charge in [0.1, 0.15) is 0 Å². The summed E-state index contributed by atoms with van der Waals surface area (Å²) in [6, 6.07) is 4.20. The van der Waals surface area contributed by atoms with Crippen LogP contribution < -0.4 is 0 Å². The van der Waals surface area contributed by atoms with Crippen molar-refractivity contribution in [2.45, 2.75) is 33.0 Å². The third-order valence-electron chi connectivity index (χ3n) is 3.64. The monoisotopic (exact) mass is 348 g/mol. The topological polar surface area (TPSA) is 55.9 Å². The van der Waals surface area contributed by atoms with Crippen molar-refractivity contribution >= 4 is 27.0 Å². The molecule has 0 aliphatic rings. The quantitative estimate of drug-likeness (QED) is 0.788. The molecule has 0 saturated heterocycles. The molecule has 1 N–H and O–H groups in total. The molecule has 0 fully saturated rings. The van der Waals surface area contributed by atoms with Gasteiger partial charge in [-0.25, -0.2) is 4.98 Å². The SMILES string of the molecule is Cc1cc2ncn(CC(O)Cn3cc(Br)cn3)c2cc1C. The maximum absolute atomic E-state index is 10.2. The number of benzene rings is 1. The molecule has 1 unspecified atom stereocenters. The molecule has 6 heteroatoms. The van der Waals surface area contributed by atoms with E-state index in [1.807, 2.05) is 10.8 Å². The lowest BCUT2D eigenvalue weighted by molar-refractivity contribution is 0.131. The summed E-state index contributed by atoms with van der Waals surface area (Å²) in [4.78, 5) is 4.41. The Morgan fingerprint density at radius 2 is 2.00 bits per heavy atom. The van der Waals surface area contributed by atoms with Crippen LogP contribution in [0.15, 0.2) is 35.3 Å². The van der Waals surface area contributed by atoms with Crippen molar-refractivity contribution in [2.24, 2.45) is 0 Å². The van der Waals surface area contributed by atoms with Gasteiger partial charge in [0.2, 0.25) is 0 Å². The molecule has 1 aromatic carbocycles. The van der Waals surface area contributed by atoms with Gasteiger partial charge in [0, 0.05) is 6.20 Å². The second kappa shape index (κ2) is 5.61. The highest BCUT2D eigenvalue weighted by Gasteiger charge is 2.11. The highest BCUT2D eigenvalue weighted by Crippen LogP contribution is 2.19. The van der Waals surface area contributed by atoms with Crippen LogP contribution in [0.4, 0.5) is 0 Å². The zero-order chi connectivity index (χ0) is 15.0. The Labute approximate surface area is 131 Å². The first kappa shape index (κ1) is 14.3. The summed E-state index contributed by atoms with van der Waals surface area (Å²) in [5, 5.41) is 14.4. The Balaban J connectivity index is 1.79. The molecule has 1 atom stereocenters. The molecule has 110 valence electrons. The molecule has 2 heterocycles. The van der Waals surface area contributed by atoms with E-state index in [4.69, 9.17) is 0 Å². The number of nitrogens with zero attached hydrogens (tertiary/aromatic N) is 4. The molecule has 0 aliphatic heterocycles. The van der Waals surface area contributed by atoms with E-state index < -0.39 is 6.10 Å². The van der Waals surface area contributed by atoms with Gasteiger partial charge in [-0.3, -0.25) is 4.68 Å². The number of aryl methyl sites for hydroxylation is 2. The number of imidazole rings is 1. The Hall–Kier alpha value is -1.66. The summed E-state index contributed by atoms with van der Waals surface area (Å²) < 4.78 is 4.63. The van der Waals surface area contributed by atoms with Crippen molar-refractivity contribution in [3.63, 3.8) is 0 Å². The predicted molar refractivity (Wildman–Crippen MR) is 85.1 cm³/mol. The van der Waals surface area contributed by atoms with Crippen LogP contribution in [0.1, 0.15) is 11.1 Å². The molecular formula is C15H17BrN4O. The minimum Gasteiger partial charge on any atom is -0.389 e. The molecule has 3 aromatic rings. The minimum absolute atomic E-state index is 0.454. The first-order valence-electron chi connectivity index (χ1n) is 6.81. The Kier molecular flexibility index (Phi) is 3.82. The fraction of sp³-hybridized carbons (Fsp3) is 0.333. The lowest BCUT2D eigenvalue weighted by atomic mass is 10.1. The Morgan fingerprint density at radius 3 is 2.71 bits per heavy atom. The van der Waals surface area contributed by atoms with E-state index in [0.717, 1.165) is 15.5 Å². The Morgan fingerprint density at radius 1 is 1.24 bits per heavy atom. The Bertz CT molecular complexity index is 777. The number of hydrogen-bond donors (Lipinski definition) is 1. The smallest absolute Gasteiger partial charge is 0.0959 e. The van der Waals surface area contributed by atoms with Gasteiger partial charge >= 0.3 is 0 Å². The second-order valence-electron chi connectivity index (χ2n) is 5.36. The molecular weight excluding hydrogens is 332 g/mol. The van der Waals surface area contributed by atoms with E-state index in [1.165, 1.54) is 11.1 Å². The van der Waals surface area contributed by atoms with Crippen LogP contribution in [-0.2, 0) is 13.1 Å². The van der Waals surface area contributed by atoms with Gasteiger partial charge in [0.15, 0.2) is 0 Å². The lowest BCUT2D eigenvalue weighted by Gasteiger charge is -2.12. The molecule has 3 rings (SSSR count). The van der Waals surface area contributed by atoms with Gasteiger partial charge in [-0.05, 0) is 53.0 Å². The van der Waals surface area contributed by atoms with Gasteiger partial charge in [-0.2, -0.15) is 5.10 Å². The van der Waals surface area contributed by atoms with Gasteiger partial charge in [0.25, 0.3) is 0 Å². The molecule has 21 heavy (non-hydrogen) atoms. The fourth-order valence-electron chi connectivity index (χ4n) is 2.40. The minimum atomic E-state index is -0.518. The van der Waals surface area contributed by atoms with Crippen molar-refractivity contribution in [1.82, 2.24) is 19.3 Å². The van der Waals surface area contributed by atoms with Gasteiger partial charge < -0.3 is 9.67 Å². The highest BCUT2D eigenvalue weighted by atomic mass is 79.9. The molecule has 0 amide bonds. The average Bonchev–Trinajstić information content (AvgIpc) is 2.98. The lowest BCUT2D eigenvalue weighted by Crippen LogP contribution is -2.22. The number of aliphatic hydroxyl groups excluding tert-OH is 1. The zero-order valence-electron chi connectivity index (χ0n) is 12.0. The van der Waals surface area contributed by atoms with Crippen LogP contribution in [-0.4, -0.2) is 30.5 Å². The van der Waals surface area contributed by atoms with Crippen molar-refractivity contribution in [2.75, 3.05) is 0 Å². The van der Waals surface area contributed by atoms with E-state index >= 15 is 0 Å². The number of aliphatic hydroxyl groups is 1. The van der Waals surface area contributed by atoms with Crippen LogP contribution >= 0.6 is 15.9 Å². The van der Waals surface area contributed by atoms with Gasteiger partial charge in [-0.1, -0.05) is 0 Å². The van der Waals surface area contributed by atoms with Crippen molar-refractivity contribution in [3.8, 4) is 0 Å². The van der Waals surface area contributed by atoms with Crippen LogP contribution in [0.25, 0.3) is 11.0 Å². The van der Waals surface area contributed by atoms with Crippen LogP contribution in [0.3, 0.4) is 0 Å². The second-order valence-corrected chi connectivity index (χ2v) is 6.27. The average molecular weight is 349 g/mol. The maximum Gasteiger partial charge on any atom is 0.0959 e. The summed E-state index contributed by atoms with van der Waals surface area (Å²) in [7, 11) is 0. The third-order valence-corrected chi connectivity index (χ3v) is 4.05. The summed E-state index contributed by atoms with van der Waals surface area (Å²) in [5.74, 6) is 0. The number of hydrogen-bond acceptors (Lipinski definition) is 3. The predicted octanol–water partition coefficient (Wildman–Crippen LogP) is 2.67. The first-order valence-corrected chi connectivity index (χ1v) is 7.60. The van der Waals surface area contributed by atoms with E-state index in [0.29, 0.717) is 13.1 Å². The number of aromatic nitrogens is 4. The number of fused-ring (bicyclic) bond motifs is 1. The summed E-state index contributed by atoms with van der Waals surface area (Å²) in [6.45, 7) is 5.12. The molecule has 0 saturated carbocycles. The van der Waals surface area contributed by atoms with Crippen molar-refractivity contribution in [3.05, 3.63) is 46.5 Å². The highest BCUT2D eigenvalue weighted by molar-refractivity contribution is 9.10. The molecule has 0 aliphatic carbocycles. The molecule has 5 nitrogen and oxygen atoms in total. The van der Waals surface area contributed by atoms with Gasteiger partial charge in [-0.15, -0.1) is 0 Å². The van der Waals surface area contributed by atoms with E-state index in [1.54, 1.807) is 17.2 Å². The standard InChI is InChI=1S/C15H17BrN4O/c1-10-3-14-15(4-11(10)2)19(9-17-14)7-13(21)8-20-6-12(16)5-18-20/h3-6,9,13,21H,7-8H2,1-2H3. The maximum atomic E-state index is 10.2. The third kappa shape index (κ3) is 3.01. The molecule has 0 spiro atoms. The summed E-state index contributed by atoms with van der Waals surface area (Å²) in [5.41, 5.74) is 4.48. The first-order chi connectivity index (χ1) is 10.0. The van der Waals surface area contributed by atoms with Crippen LogP contribution in [0.2, 0.25) is 0 Å². The summed E-state index contributed by atoms with van der Waals surface area (Å²) >= 11 is 3.35. The fourth-order valence-corrected chi connectivity index (χ4v) is 2.73. The summed E-state index contributed by atoms with van der Waals surface area (Å²) in [6.07, 6.45) is 4.83. The van der Waals surface area contributed by atoms with Crippen molar-refractivity contribution in [1.29, 1.82) is 0 Å².